The minimum atomic E-state index is -0.373. The molecule has 2 heterocycles. The van der Waals surface area contributed by atoms with Gasteiger partial charge in [0.05, 0.1) is 25.0 Å². The van der Waals surface area contributed by atoms with Gasteiger partial charge in [-0.3, -0.25) is 4.79 Å². The molecule has 1 aliphatic heterocycles. The molecule has 0 bridgehead atoms. The Bertz CT molecular complexity index is 477. The summed E-state index contributed by atoms with van der Waals surface area (Å²) < 4.78 is 1.16. The molecule has 1 aromatic rings. The maximum absolute atomic E-state index is 11.9. The smallest absolute Gasteiger partial charge is 0.287 e. The highest BCUT2D eigenvalue weighted by atomic mass is 35.5. The van der Waals surface area contributed by atoms with E-state index >= 15 is 0 Å². The summed E-state index contributed by atoms with van der Waals surface area (Å²) in [6, 6.07) is 0.106. The van der Waals surface area contributed by atoms with Gasteiger partial charge in [0.15, 0.2) is 0 Å². The van der Waals surface area contributed by atoms with Crippen molar-refractivity contribution >= 4 is 17.3 Å². The fourth-order valence-electron chi connectivity index (χ4n) is 2.16. The maximum Gasteiger partial charge on any atom is 0.287 e. The molecule has 1 aromatic heterocycles. The highest BCUT2D eigenvalue weighted by Gasteiger charge is 2.21. The lowest BCUT2D eigenvalue weighted by atomic mass is 10.1. The van der Waals surface area contributed by atoms with Crippen molar-refractivity contribution < 1.29 is 5.11 Å². The summed E-state index contributed by atoms with van der Waals surface area (Å²) in [6.45, 7) is 1.53. The van der Waals surface area contributed by atoms with E-state index in [1.54, 1.807) is 6.20 Å². The van der Waals surface area contributed by atoms with E-state index in [1.165, 1.54) is 0 Å². The summed E-state index contributed by atoms with van der Waals surface area (Å²) in [4.78, 5) is 13.9. The largest absolute Gasteiger partial charge is 0.394 e. The van der Waals surface area contributed by atoms with Gasteiger partial charge in [0, 0.05) is 19.1 Å². The molecule has 18 heavy (non-hydrogen) atoms. The molecule has 1 fully saturated rings. The minimum Gasteiger partial charge on any atom is -0.394 e. The Morgan fingerprint density at radius 3 is 3.06 bits per heavy atom. The monoisotopic (exact) mass is 272 g/mol. The first-order chi connectivity index (χ1) is 8.63. The second kappa shape index (κ2) is 5.69. The van der Waals surface area contributed by atoms with Crippen molar-refractivity contribution in [1.82, 2.24) is 9.78 Å². The van der Waals surface area contributed by atoms with Gasteiger partial charge in [-0.2, -0.15) is 5.10 Å². The summed E-state index contributed by atoms with van der Waals surface area (Å²) in [7, 11) is 0. The molecule has 1 saturated heterocycles. The molecule has 0 unspecified atom stereocenters. The average molecular weight is 273 g/mol. The fourth-order valence-corrected chi connectivity index (χ4v) is 2.43. The van der Waals surface area contributed by atoms with Crippen LogP contribution in [-0.2, 0) is 6.54 Å². The Morgan fingerprint density at radius 2 is 2.39 bits per heavy atom. The van der Waals surface area contributed by atoms with Crippen LogP contribution in [0.5, 0.6) is 0 Å². The van der Waals surface area contributed by atoms with Crippen LogP contribution >= 0.6 is 11.6 Å². The van der Waals surface area contributed by atoms with E-state index in [0.29, 0.717) is 12.2 Å². The van der Waals surface area contributed by atoms with E-state index in [9.17, 15) is 4.79 Å². The Balaban J connectivity index is 2.29. The second-order valence-electron chi connectivity index (χ2n) is 4.44. The molecule has 0 radical (unpaired) electrons. The van der Waals surface area contributed by atoms with Gasteiger partial charge in [0.1, 0.15) is 5.02 Å². The third-order valence-electron chi connectivity index (χ3n) is 3.08. The number of aromatic nitrogens is 2. The number of nitrogens with two attached hydrogens (primary N) is 1. The molecule has 100 valence electrons. The fraction of sp³-hybridized carbons (Fsp3) is 0.636. The Kier molecular flexibility index (Phi) is 4.21. The van der Waals surface area contributed by atoms with Crippen molar-refractivity contribution in [3.63, 3.8) is 0 Å². The molecule has 6 nitrogen and oxygen atoms in total. The number of halogens is 1. The number of piperidine rings is 1. The predicted molar refractivity (Wildman–Crippen MR) is 70.0 cm³/mol. The van der Waals surface area contributed by atoms with E-state index in [1.807, 2.05) is 4.90 Å². The predicted octanol–water partition coefficient (Wildman–Crippen LogP) is -0.183. The highest BCUT2D eigenvalue weighted by Crippen LogP contribution is 2.24. The normalized spacial score (nSPS) is 20.2. The molecule has 0 amide bonds. The SMILES string of the molecule is N[C@@H]1CCCN(c2cnn(CCO)c(=O)c2Cl)C1. The number of hydrogen-bond acceptors (Lipinski definition) is 5. The molecule has 0 spiro atoms. The van der Waals surface area contributed by atoms with Gasteiger partial charge in [0.2, 0.25) is 0 Å². The van der Waals surface area contributed by atoms with Crippen LogP contribution in [0.4, 0.5) is 5.69 Å². The van der Waals surface area contributed by atoms with E-state index in [2.05, 4.69) is 5.10 Å². The molecule has 2 rings (SSSR count). The summed E-state index contributed by atoms with van der Waals surface area (Å²) in [5, 5.41) is 13.0. The summed E-state index contributed by atoms with van der Waals surface area (Å²) in [5.74, 6) is 0. The van der Waals surface area contributed by atoms with Gasteiger partial charge in [-0.15, -0.1) is 0 Å². The van der Waals surface area contributed by atoms with E-state index in [-0.39, 0.29) is 29.8 Å². The molecule has 0 saturated carbocycles. The zero-order valence-electron chi connectivity index (χ0n) is 10.0. The van der Waals surface area contributed by atoms with Gasteiger partial charge in [0.25, 0.3) is 5.56 Å². The molecular weight excluding hydrogens is 256 g/mol. The van der Waals surface area contributed by atoms with Crippen LogP contribution in [0.3, 0.4) is 0 Å². The first kappa shape index (κ1) is 13.3. The van der Waals surface area contributed by atoms with E-state index in [4.69, 9.17) is 22.4 Å². The van der Waals surface area contributed by atoms with Crippen LogP contribution in [-0.4, -0.2) is 40.6 Å². The number of hydrogen-bond donors (Lipinski definition) is 2. The van der Waals surface area contributed by atoms with Gasteiger partial charge in [-0.1, -0.05) is 11.6 Å². The standard InChI is InChI=1S/C11H17ClN4O2/c12-10-9(15-3-1-2-8(13)7-15)6-14-16(4-5-17)11(10)18/h6,8,17H,1-5,7,13H2/t8-/m1/s1. The lowest BCUT2D eigenvalue weighted by Gasteiger charge is -2.32. The van der Waals surface area contributed by atoms with Crippen LogP contribution in [0.1, 0.15) is 12.8 Å². The lowest BCUT2D eigenvalue weighted by Crippen LogP contribution is -2.43. The Morgan fingerprint density at radius 1 is 1.61 bits per heavy atom. The molecular formula is C11H17ClN4O2. The molecule has 0 aliphatic carbocycles. The van der Waals surface area contributed by atoms with Crippen molar-refractivity contribution in [2.45, 2.75) is 25.4 Å². The quantitative estimate of drug-likeness (QED) is 0.797. The van der Waals surface area contributed by atoms with Crippen LogP contribution in [0.2, 0.25) is 5.02 Å². The van der Waals surface area contributed by atoms with Crippen molar-refractivity contribution in [1.29, 1.82) is 0 Å². The van der Waals surface area contributed by atoms with Crippen LogP contribution in [0.25, 0.3) is 0 Å². The molecule has 7 heteroatoms. The topological polar surface area (TPSA) is 84.4 Å². The van der Waals surface area contributed by atoms with Gasteiger partial charge < -0.3 is 15.7 Å². The van der Waals surface area contributed by atoms with Crippen molar-refractivity contribution in [3.05, 3.63) is 21.6 Å². The first-order valence-electron chi connectivity index (χ1n) is 6.00. The summed E-state index contributed by atoms with van der Waals surface area (Å²) in [6.07, 6.45) is 3.54. The number of aliphatic hydroxyl groups is 1. The Hall–Kier alpha value is -1.11. The van der Waals surface area contributed by atoms with Crippen molar-refractivity contribution in [2.24, 2.45) is 5.73 Å². The molecule has 3 N–H and O–H groups in total. The average Bonchev–Trinajstić information content (AvgIpc) is 2.35. The third kappa shape index (κ3) is 2.66. The van der Waals surface area contributed by atoms with Crippen molar-refractivity contribution in [3.8, 4) is 0 Å². The minimum absolute atomic E-state index is 0.106. The van der Waals surface area contributed by atoms with Gasteiger partial charge in [-0.25, -0.2) is 4.68 Å². The molecule has 0 aromatic carbocycles. The van der Waals surface area contributed by atoms with E-state index in [0.717, 1.165) is 24.1 Å². The lowest BCUT2D eigenvalue weighted by molar-refractivity contribution is 0.266. The highest BCUT2D eigenvalue weighted by molar-refractivity contribution is 6.33. The molecule has 1 aliphatic rings. The number of aliphatic hydroxyl groups excluding tert-OH is 1. The van der Waals surface area contributed by atoms with Crippen LogP contribution in [0.15, 0.2) is 11.0 Å². The summed E-state index contributed by atoms with van der Waals surface area (Å²) >= 11 is 6.08. The number of rotatable bonds is 3. The van der Waals surface area contributed by atoms with Crippen LogP contribution in [0, 0.1) is 0 Å². The first-order valence-corrected chi connectivity index (χ1v) is 6.38. The second-order valence-corrected chi connectivity index (χ2v) is 4.82. The van der Waals surface area contributed by atoms with Crippen LogP contribution < -0.4 is 16.2 Å². The van der Waals surface area contributed by atoms with Crippen molar-refractivity contribution in [2.75, 3.05) is 24.6 Å². The number of anilines is 1. The van der Waals surface area contributed by atoms with E-state index < -0.39 is 0 Å². The zero-order valence-corrected chi connectivity index (χ0v) is 10.8. The van der Waals surface area contributed by atoms with Gasteiger partial charge in [-0.05, 0) is 12.8 Å². The van der Waals surface area contributed by atoms with Gasteiger partial charge >= 0.3 is 0 Å². The third-order valence-corrected chi connectivity index (χ3v) is 3.43. The summed E-state index contributed by atoms with van der Waals surface area (Å²) in [5.41, 5.74) is 6.16. The zero-order chi connectivity index (χ0) is 13.1. The number of nitrogens with zero attached hydrogens (tertiary/aromatic N) is 3. The maximum atomic E-state index is 11.9. The Labute approximate surface area is 110 Å². The molecule has 1 atom stereocenters.